The largest absolute Gasteiger partial charge is 0.464 e. The van der Waals surface area contributed by atoms with E-state index in [1.54, 1.807) is 0 Å². The summed E-state index contributed by atoms with van der Waals surface area (Å²) in [5.41, 5.74) is 0. The Morgan fingerprint density at radius 2 is 2.32 bits per heavy atom. The maximum absolute atomic E-state index is 12.1. The number of hydrogen-bond donors (Lipinski definition) is 2. The second-order valence-electron chi connectivity index (χ2n) is 6.85. The molecule has 2 atom stereocenters. The summed E-state index contributed by atoms with van der Waals surface area (Å²) in [6.07, 6.45) is 2.37. The third-order valence-corrected chi connectivity index (χ3v) is 5.51. The van der Waals surface area contributed by atoms with Crippen molar-refractivity contribution in [2.24, 2.45) is 5.92 Å². The third kappa shape index (κ3) is 5.34. The molecule has 1 fully saturated rings. The molecule has 0 aliphatic carbocycles. The summed E-state index contributed by atoms with van der Waals surface area (Å²) in [7, 11) is 0. The van der Waals surface area contributed by atoms with Crippen molar-refractivity contribution >= 4 is 17.4 Å². The molecule has 2 unspecified atom stereocenters. The van der Waals surface area contributed by atoms with Crippen molar-refractivity contribution in [3.63, 3.8) is 0 Å². The van der Waals surface area contributed by atoms with Crippen LogP contribution in [0.3, 0.4) is 0 Å². The predicted molar refractivity (Wildman–Crippen MR) is 101 cm³/mol. The molecule has 0 bridgehead atoms. The monoisotopic (exact) mass is 361 g/mol. The number of nitrogens with one attached hydrogen (secondary N) is 2. The van der Waals surface area contributed by atoms with Gasteiger partial charge in [-0.15, -0.1) is 11.3 Å². The second kappa shape index (κ2) is 8.54. The Balaban J connectivity index is 1.40. The zero-order chi connectivity index (χ0) is 17.6. The number of piperidine rings is 1. The van der Waals surface area contributed by atoms with Crippen LogP contribution in [0.5, 0.6) is 0 Å². The molecular formula is C19H27N3O2S. The van der Waals surface area contributed by atoms with Crippen LogP contribution < -0.4 is 10.6 Å². The fraction of sp³-hybridized carbons (Fsp3) is 0.526. The molecule has 3 heterocycles. The van der Waals surface area contributed by atoms with Crippen molar-refractivity contribution in [1.82, 2.24) is 15.5 Å². The van der Waals surface area contributed by atoms with Gasteiger partial charge in [0.1, 0.15) is 11.5 Å². The zero-order valence-electron chi connectivity index (χ0n) is 15.0. The Bertz CT molecular complexity index is 668. The van der Waals surface area contributed by atoms with Crippen LogP contribution in [0.15, 0.2) is 34.1 Å². The fourth-order valence-corrected chi connectivity index (χ4v) is 4.07. The van der Waals surface area contributed by atoms with Crippen LogP contribution in [-0.2, 0) is 6.54 Å². The van der Waals surface area contributed by atoms with Crippen molar-refractivity contribution in [1.29, 1.82) is 0 Å². The standard InChI is InChI=1S/C19H27N3O2S/c1-14-7-8-18(24-14)15(2)21-19(23)20-11-16-5-3-9-22(12-16)13-17-6-4-10-25-17/h4,6-8,10,15-16H,3,5,9,11-13H2,1-2H3,(H2,20,21,23). The van der Waals surface area contributed by atoms with Crippen LogP contribution in [0.1, 0.15) is 42.2 Å². The Hall–Kier alpha value is -1.79. The van der Waals surface area contributed by atoms with E-state index in [9.17, 15) is 4.79 Å². The summed E-state index contributed by atoms with van der Waals surface area (Å²) in [6.45, 7) is 7.77. The van der Waals surface area contributed by atoms with Crippen LogP contribution >= 0.6 is 11.3 Å². The van der Waals surface area contributed by atoms with E-state index in [0.29, 0.717) is 5.92 Å². The average molecular weight is 362 g/mol. The van der Waals surface area contributed by atoms with Gasteiger partial charge in [0.25, 0.3) is 0 Å². The van der Waals surface area contributed by atoms with E-state index < -0.39 is 0 Å². The van der Waals surface area contributed by atoms with Crippen molar-refractivity contribution in [3.05, 3.63) is 46.0 Å². The first-order chi connectivity index (χ1) is 12.1. The lowest BCUT2D eigenvalue weighted by molar-refractivity contribution is 0.166. The number of furan rings is 1. The van der Waals surface area contributed by atoms with Crippen molar-refractivity contribution in [2.45, 2.75) is 39.3 Å². The quantitative estimate of drug-likeness (QED) is 0.820. The van der Waals surface area contributed by atoms with Crippen molar-refractivity contribution < 1.29 is 9.21 Å². The van der Waals surface area contributed by atoms with Crippen LogP contribution in [0.2, 0.25) is 0 Å². The highest BCUT2D eigenvalue weighted by molar-refractivity contribution is 7.09. The molecule has 0 aromatic carbocycles. The average Bonchev–Trinajstić information content (AvgIpc) is 3.25. The number of aryl methyl sites for hydroxylation is 1. The molecule has 2 amide bonds. The number of thiophene rings is 1. The van der Waals surface area contributed by atoms with Crippen LogP contribution in [-0.4, -0.2) is 30.6 Å². The molecule has 0 saturated carbocycles. The highest BCUT2D eigenvalue weighted by Gasteiger charge is 2.21. The molecule has 25 heavy (non-hydrogen) atoms. The van der Waals surface area contributed by atoms with E-state index in [4.69, 9.17) is 4.42 Å². The van der Waals surface area contributed by atoms with Crippen LogP contribution in [0.25, 0.3) is 0 Å². The number of rotatable bonds is 6. The SMILES string of the molecule is Cc1ccc(C(C)NC(=O)NCC2CCCN(Cc3cccs3)C2)o1. The van der Waals surface area contributed by atoms with E-state index in [-0.39, 0.29) is 12.1 Å². The van der Waals surface area contributed by atoms with Gasteiger partial charge in [-0.05, 0) is 62.7 Å². The number of hydrogen-bond acceptors (Lipinski definition) is 4. The Labute approximate surface area is 153 Å². The smallest absolute Gasteiger partial charge is 0.315 e. The van der Waals surface area contributed by atoms with Crippen molar-refractivity contribution in [2.75, 3.05) is 19.6 Å². The highest BCUT2D eigenvalue weighted by atomic mass is 32.1. The molecule has 6 heteroatoms. The number of carbonyl (C=O) groups excluding carboxylic acids is 1. The van der Waals surface area contributed by atoms with Gasteiger partial charge in [0, 0.05) is 24.5 Å². The molecule has 5 nitrogen and oxygen atoms in total. The van der Waals surface area contributed by atoms with Crippen LogP contribution in [0, 0.1) is 12.8 Å². The lowest BCUT2D eigenvalue weighted by atomic mass is 9.98. The van der Waals surface area contributed by atoms with Crippen molar-refractivity contribution in [3.8, 4) is 0 Å². The summed E-state index contributed by atoms with van der Waals surface area (Å²) < 4.78 is 5.56. The molecular weight excluding hydrogens is 334 g/mol. The maximum Gasteiger partial charge on any atom is 0.315 e. The lowest BCUT2D eigenvalue weighted by Crippen LogP contribution is -2.43. The minimum Gasteiger partial charge on any atom is -0.464 e. The molecule has 136 valence electrons. The van der Waals surface area contributed by atoms with Gasteiger partial charge in [-0.2, -0.15) is 0 Å². The first-order valence-corrected chi connectivity index (χ1v) is 9.83. The lowest BCUT2D eigenvalue weighted by Gasteiger charge is -2.32. The minimum atomic E-state index is -0.129. The summed E-state index contributed by atoms with van der Waals surface area (Å²) in [4.78, 5) is 16.0. The van der Waals surface area contributed by atoms with E-state index in [0.717, 1.165) is 37.7 Å². The van der Waals surface area contributed by atoms with Gasteiger partial charge in [0.2, 0.25) is 0 Å². The molecule has 3 rings (SSSR count). The first-order valence-electron chi connectivity index (χ1n) is 8.95. The summed E-state index contributed by atoms with van der Waals surface area (Å²) in [6, 6.07) is 7.86. The summed E-state index contributed by atoms with van der Waals surface area (Å²) in [5, 5.41) is 8.09. The van der Waals surface area contributed by atoms with E-state index in [1.807, 2.05) is 37.3 Å². The fourth-order valence-electron chi connectivity index (χ4n) is 3.33. The number of likely N-dealkylation sites (tertiary alicyclic amines) is 1. The van der Waals surface area contributed by atoms with Gasteiger partial charge >= 0.3 is 6.03 Å². The maximum atomic E-state index is 12.1. The molecule has 1 aliphatic heterocycles. The predicted octanol–water partition coefficient (Wildman–Crippen LogP) is 3.92. The number of urea groups is 1. The molecule has 2 aromatic rings. The van der Waals surface area contributed by atoms with Gasteiger partial charge in [-0.25, -0.2) is 4.79 Å². The molecule has 1 aliphatic rings. The van der Waals surface area contributed by atoms with E-state index in [1.165, 1.54) is 17.7 Å². The Morgan fingerprint density at radius 3 is 3.04 bits per heavy atom. The molecule has 0 spiro atoms. The Morgan fingerprint density at radius 1 is 1.44 bits per heavy atom. The third-order valence-electron chi connectivity index (χ3n) is 4.65. The number of amides is 2. The minimum absolute atomic E-state index is 0.128. The highest BCUT2D eigenvalue weighted by Crippen LogP contribution is 2.20. The second-order valence-corrected chi connectivity index (χ2v) is 7.88. The van der Waals surface area contributed by atoms with Gasteiger partial charge < -0.3 is 15.1 Å². The molecule has 2 N–H and O–H groups in total. The Kier molecular flexibility index (Phi) is 6.15. The van der Waals surface area contributed by atoms with E-state index in [2.05, 4.69) is 33.0 Å². The number of carbonyl (C=O) groups is 1. The zero-order valence-corrected chi connectivity index (χ0v) is 15.8. The topological polar surface area (TPSA) is 57.5 Å². The van der Waals surface area contributed by atoms with Gasteiger partial charge in [-0.1, -0.05) is 6.07 Å². The normalized spacial score (nSPS) is 19.5. The first kappa shape index (κ1) is 18.0. The number of nitrogens with zero attached hydrogens (tertiary/aromatic N) is 1. The van der Waals surface area contributed by atoms with E-state index >= 15 is 0 Å². The summed E-state index contributed by atoms with van der Waals surface area (Å²) in [5.74, 6) is 2.16. The summed E-state index contributed by atoms with van der Waals surface area (Å²) >= 11 is 1.81. The van der Waals surface area contributed by atoms with Gasteiger partial charge in [0.15, 0.2) is 0 Å². The molecule has 1 saturated heterocycles. The molecule has 2 aromatic heterocycles. The molecule has 0 radical (unpaired) electrons. The van der Waals surface area contributed by atoms with Gasteiger partial charge in [-0.3, -0.25) is 4.90 Å². The van der Waals surface area contributed by atoms with Crippen LogP contribution in [0.4, 0.5) is 4.79 Å². The van der Waals surface area contributed by atoms with Gasteiger partial charge in [0.05, 0.1) is 6.04 Å².